The van der Waals surface area contributed by atoms with E-state index in [0.29, 0.717) is 18.8 Å². The molecule has 0 unspecified atom stereocenters. The van der Waals surface area contributed by atoms with Gasteiger partial charge in [0.25, 0.3) is 0 Å². The molecule has 0 atom stereocenters. The Kier molecular flexibility index (Phi) is 6.03. The van der Waals surface area contributed by atoms with Gasteiger partial charge in [0.05, 0.1) is 46.0 Å². The molecule has 1 saturated heterocycles. The number of ether oxygens (including phenoxy) is 2. The van der Waals surface area contributed by atoms with Gasteiger partial charge in [0.1, 0.15) is 18.0 Å². The van der Waals surface area contributed by atoms with Crippen LogP contribution in [0, 0.1) is 6.92 Å². The predicted octanol–water partition coefficient (Wildman–Crippen LogP) is 2.94. The minimum absolute atomic E-state index is 0.599. The molecule has 28 heavy (non-hydrogen) atoms. The van der Waals surface area contributed by atoms with Gasteiger partial charge in [-0.25, -0.2) is 0 Å². The van der Waals surface area contributed by atoms with Crippen LogP contribution in [0.25, 0.3) is 0 Å². The number of halogens is 3. The van der Waals surface area contributed by atoms with Crippen LogP contribution in [-0.2, 0) is 12.7 Å². The second kappa shape index (κ2) is 8.31. The maximum Gasteiger partial charge on any atom is 0.416 e. The molecule has 1 aliphatic rings. The fraction of sp³-hybridized carbons (Fsp3) is 0.429. The smallest absolute Gasteiger partial charge is 0.416 e. The van der Waals surface area contributed by atoms with Gasteiger partial charge in [-0.3, -0.25) is 0 Å². The quantitative estimate of drug-likeness (QED) is 0.843. The van der Waals surface area contributed by atoms with Crippen molar-refractivity contribution in [2.45, 2.75) is 19.6 Å². The second-order valence-electron chi connectivity index (χ2n) is 7.05. The molecular formula is C21H26F3N2O2+. The molecule has 152 valence electrons. The van der Waals surface area contributed by atoms with Gasteiger partial charge in [-0.1, -0.05) is 6.07 Å². The molecule has 7 heteroatoms. The fourth-order valence-electron chi connectivity index (χ4n) is 3.78. The zero-order chi connectivity index (χ0) is 20.3. The Hall–Kier alpha value is -2.41. The molecule has 0 aliphatic carbocycles. The van der Waals surface area contributed by atoms with Crippen LogP contribution in [0.3, 0.4) is 0 Å². The number of quaternary nitrogens is 1. The highest BCUT2D eigenvalue weighted by Crippen LogP contribution is 2.32. The summed E-state index contributed by atoms with van der Waals surface area (Å²) in [4.78, 5) is 3.40. The third-order valence-corrected chi connectivity index (χ3v) is 5.31. The van der Waals surface area contributed by atoms with Crippen LogP contribution in [0.2, 0.25) is 0 Å². The van der Waals surface area contributed by atoms with Crippen molar-refractivity contribution in [2.75, 3.05) is 45.3 Å². The molecule has 0 bridgehead atoms. The molecule has 1 fully saturated rings. The molecule has 4 nitrogen and oxygen atoms in total. The lowest BCUT2D eigenvalue weighted by Gasteiger charge is -2.34. The fourth-order valence-corrected chi connectivity index (χ4v) is 3.78. The van der Waals surface area contributed by atoms with Gasteiger partial charge in [-0.15, -0.1) is 0 Å². The van der Waals surface area contributed by atoms with E-state index in [-0.39, 0.29) is 0 Å². The number of nitrogens with zero attached hydrogens (tertiary/aromatic N) is 1. The Bertz CT molecular complexity index is 816. The van der Waals surface area contributed by atoms with Crippen LogP contribution in [0.15, 0.2) is 36.4 Å². The molecule has 2 aromatic rings. The molecule has 0 spiro atoms. The van der Waals surface area contributed by atoms with Gasteiger partial charge in [0.15, 0.2) is 0 Å². The van der Waals surface area contributed by atoms with Crippen molar-refractivity contribution >= 4 is 5.69 Å². The van der Waals surface area contributed by atoms with Gasteiger partial charge < -0.3 is 19.3 Å². The van der Waals surface area contributed by atoms with Crippen LogP contribution in [-0.4, -0.2) is 40.4 Å². The summed E-state index contributed by atoms with van der Waals surface area (Å²) < 4.78 is 49.8. The number of hydrogen-bond donors (Lipinski definition) is 1. The molecule has 3 rings (SSSR count). The van der Waals surface area contributed by atoms with Crippen LogP contribution in [0.1, 0.15) is 16.7 Å². The van der Waals surface area contributed by atoms with Gasteiger partial charge >= 0.3 is 6.18 Å². The minimum atomic E-state index is -4.31. The van der Waals surface area contributed by atoms with Crippen molar-refractivity contribution in [1.29, 1.82) is 0 Å². The van der Waals surface area contributed by atoms with Crippen LogP contribution >= 0.6 is 0 Å². The molecule has 2 aromatic carbocycles. The summed E-state index contributed by atoms with van der Waals surface area (Å²) in [5, 5.41) is 0. The Morgan fingerprint density at radius 3 is 2.36 bits per heavy atom. The molecule has 0 aromatic heterocycles. The topological polar surface area (TPSA) is 26.1 Å². The average molecular weight is 395 g/mol. The first kappa shape index (κ1) is 20.3. The Morgan fingerprint density at radius 2 is 1.75 bits per heavy atom. The lowest BCUT2D eigenvalue weighted by atomic mass is 10.1. The van der Waals surface area contributed by atoms with Gasteiger partial charge in [0, 0.05) is 16.8 Å². The van der Waals surface area contributed by atoms with E-state index in [2.05, 4.69) is 0 Å². The normalized spacial score (nSPS) is 15.6. The molecule has 0 amide bonds. The number of rotatable bonds is 5. The maximum atomic E-state index is 13.0. The zero-order valence-electron chi connectivity index (χ0n) is 16.4. The first-order chi connectivity index (χ1) is 13.3. The lowest BCUT2D eigenvalue weighted by Crippen LogP contribution is -3.13. The summed E-state index contributed by atoms with van der Waals surface area (Å²) in [5.74, 6) is 1.64. The second-order valence-corrected chi connectivity index (χ2v) is 7.05. The number of piperazine rings is 1. The number of alkyl halides is 3. The van der Waals surface area contributed by atoms with Gasteiger partial charge in [0.2, 0.25) is 0 Å². The van der Waals surface area contributed by atoms with Gasteiger partial charge in [-0.05, 0) is 37.3 Å². The van der Waals surface area contributed by atoms with E-state index >= 15 is 0 Å². The van der Waals surface area contributed by atoms with Crippen molar-refractivity contribution in [3.05, 3.63) is 53.1 Å². The lowest BCUT2D eigenvalue weighted by molar-refractivity contribution is -0.914. The standard InChI is InChI=1S/C21H25F3N2O2/c1-15-19(27-2)8-7-16(20(15)28-3)14-25-9-11-26(12-10-25)18-6-4-5-17(13-18)21(22,23)24/h4-8,13H,9-12,14H2,1-3H3/p+1. The highest BCUT2D eigenvalue weighted by molar-refractivity contribution is 5.50. The van der Waals surface area contributed by atoms with E-state index in [1.165, 1.54) is 17.0 Å². The van der Waals surface area contributed by atoms with Crippen molar-refractivity contribution in [3.63, 3.8) is 0 Å². The molecule has 0 radical (unpaired) electrons. The molecule has 1 heterocycles. The number of methoxy groups -OCH3 is 2. The van der Waals surface area contributed by atoms with Crippen LogP contribution in [0.4, 0.5) is 18.9 Å². The largest absolute Gasteiger partial charge is 0.496 e. The summed E-state index contributed by atoms with van der Waals surface area (Å²) in [6.45, 7) is 5.92. The van der Waals surface area contributed by atoms with Crippen LogP contribution in [0.5, 0.6) is 11.5 Å². The van der Waals surface area contributed by atoms with Crippen LogP contribution < -0.4 is 19.3 Å². The summed E-state index contributed by atoms with van der Waals surface area (Å²) >= 11 is 0. The maximum absolute atomic E-state index is 13.0. The van der Waals surface area contributed by atoms with E-state index < -0.39 is 11.7 Å². The minimum Gasteiger partial charge on any atom is -0.496 e. The highest BCUT2D eigenvalue weighted by atomic mass is 19.4. The van der Waals surface area contributed by atoms with Crippen molar-refractivity contribution in [1.82, 2.24) is 0 Å². The summed E-state index contributed by atoms with van der Waals surface area (Å²) in [7, 11) is 3.30. The number of hydrogen-bond acceptors (Lipinski definition) is 3. The number of nitrogens with one attached hydrogen (secondary N) is 1. The SMILES string of the molecule is COc1ccc(C[NH+]2CCN(c3cccc(C(F)(F)F)c3)CC2)c(OC)c1C. The summed E-state index contributed by atoms with van der Waals surface area (Å²) in [6.07, 6.45) is -4.31. The monoisotopic (exact) mass is 395 g/mol. The summed E-state index contributed by atoms with van der Waals surface area (Å²) in [6, 6.07) is 9.55. The van der Waals surface area contributed by atoms with E-state index in [4.69, 9.17) is 9.47 Å². The summed E-state index contributed by atoms with van der Waals surface area (Å²) in [5.41, 5.74) is 2.12. The molecule has 1 N–H and O–H groups in total. The van der Waals surface area contributed by atoms with Gasteiger partial charge in [-0.2, -0.15) is 13.2 Å². The molecule has 0 saturated carbocycles. The molecular weight excluding hydrogens is 369 g/mol. The predicted molar refractivity (Wildman–Crippen MR) is 102 cm³/mol. The van der Waals surface area contributed by atoms with E-state index in [1.807, 2.05) is 24.0 Å². The first-order valence-corrected chi connectivity index (χ1v) is 9.29. The van der Waals surface area contributed by atoms with Crippen molar-refractivity contribution in [3.8, 4) is 11.5 Å². The Morgan fingerprint density at radius 1 is 1.04 bits per heavy atom. The third-order valence-electron chi connectivity index (χ3n) is 5.31. The Balaban J connectivity index is 1.66. The number of benzene rings is 2. The zero-order valence-corrected chi connectivity index (χ0v) is 16.4. The average Bonchev–Trinajstić information content (AvgIpc) is 2.68. The van der Waals surface area contributed by atoms with E-state index in [9.17, 15) is 13.2 Å². The number of anilines is 1. The van der Waals surface area contributed by atoms with Crippen molar-refractivity contribution in [2.24, 2.45) is 0 Å². The van der Waals surface area contributed by atoms with Crippen molar-refractivity contribution < 1.29 is 27.5 Å². The Labute approximate surface area is 163 Å². The molecule has 1 aliphatic heterocycles. The van der Waals surface area contributed by atoms with E-state index in [0.717, 1.165) is 48.3 Å². The highest BCUT2D eigenvalue weighted by Gasteiger charge is 2.31. The third kappa shape index (κ3) is 4.35. The van der Waals surface area contributed by atoms with E-state index in [1.54, 1.807) is 20.3 Å². The first-order valence-electron chi connectivity index (χ1n) is 9.29.